The van der Waals surface area contributed by atoms with Crippen molar-refractivity contribution in [3.05, 3.63) is 92.0 Å². The molecule has 1 N–H and O–H groups in total. The van der Waals surface area contributed by atoms with E-state index in [9.17, 15) is 14.0 Å². The lowest BCUT2D eigenvalue weighted by Crippen LogP contribution is -2.28. The fourth-order valence-corrected chi connectivity index (χ4v) is 4.08. The normalized spacial score (nSPS) is 12.2. The van der Waals surface area contributed by atoms with Crippen LogP contribution in [-0.4, -0.2) is 10.5 Å². The Kier molecular flexibility index (Phi) is 5.07. The molecule has 0 aliphatic rings. The molecule has 1 aromatic carbocycles. The minimum atomic E-state index is -0.392. The summed E-state index contributed by atoms with van der Waals surface area (Å²) < 4.78 is 21.1. The molecule has 0 saturated carbocycles. The summed E-state index contributed by atoms with van der Waals surface area (Å²) in [5.74, 6) is -0.384. The van der Waals surface area contributed by atoms with Crippen molar-refractivity contribution in [3.63, 3.8) is 0 Å². The lowest BCUT2D eigenvalue weighted by molar-refractivity contribution is 0.0940. The monoisotopic (exact) mass is 410 g/mol. The quantitative estimate of drug-likeness (QED) is 0.521. The Morgan fingerprint density at radius 1 is 1.24 bits per heavy atom. The Balaban J connectivity index is 1.73. The molecule has 5 nitrogen and oxygen atoms in total. The number of carbonyl (C=O) groups is 1. The van der Waals surface area contributed by atoms with Crippen molar-refractivity contribution in [1.82, 2.24) is 9.88 Å². The van der Waals surface area contributed by atoms with E-state index in [0.717, 1.165) is 4.88 Å². The van der Waals surface area contributed by atoms with Crippen molar-refractivity contribution >= 4 is 28.2 Å². The van der Waals surface area contributed by atoms with Gasteiger partial charge in [-0.3, -0.25) is 9.59 Å². The zero-order valence-corrected chi connectivity index (χ0v) is 16.8. The lowest BCUT2D eigenvalue weighted by atomic mass is 10.1. The number of hydrogen-bond acceptors (Lipinski definition) is 4. The molecular formula is C22H19FN2O3S. The van der Waals surface area contributed by atoms with Gasteiger partial charge in [-0.1, -0.05) is 24.3 Å². The summed E-state index contributed by atoms with van der Waals surface area (Å²) in [6, 6.07) is 11.6. The molecule has 0 saturated heterocycles. The molecule has 0 unspecified atom stereocenters. The van der Waals surface area contributed by atoms with E-state index < -0.39 is 5.56 Å². The second-order valence-electron chi connectivity index (χ2n) is 6.82. The van der Waals surface area contributed by atoms with Crippen LogP contribution >= 0.6 is 11.3 Å². The number of fused-ring (bicyclic) bond motifs is 1. The van der Waals surface area contributed by atoms with Crippen molar-refractivity contribution in [2.24, 2.45) is 0 Å². The lowest BCUT2D eigenvalue weighted by Gasteiger charge is -2.12. The van der Waals surface area contributed by atoms with Crippen LogP contribution in [0, 0.1) is 12.7 Å². The minimum Gasteiger partial charge on any atom is -0.460 e. The number of amides is 1. The summed E-state index contributed by atoms with van der Waals surface area (Å²) in [6.07, 6.45) is 1.55. The third-order valence-corrected chi connectivity index (χ3v) is 5.89. The Hall–Kier alpha value is -3.19. The molecule has 29 heavy (non-hydrogen) atoms. The first-order valence-electron chi connectivity index (χ1n) is 9.16. The number of nitrogens with one attached hydrogen (secondary N) is 1. The molecule has 0 aliphatic heterocycles. The van der Waals surface area contributed by atoms with Gasteiger partial charge in [-0.2, -0.15) is 0 Å². The first-order valence-corrected chi connectivity index (χ1v) is 10.0. The predicted octanol–water partition coefficient (Wildman–Crippen LogP) is 4.64. The summed E-state index contributed by atoms with van der Waals surface area (Å²) in [5, 5.41) is 5.07. The van der Waals surface area contributed by atoms with Gasteiger partial charge < -0.3 is 14.3 Å². The van der Waals surface area contributed by atoms with Crippen molar-refractivity contribution in [3.8, 4) is 0 Å². The van der Waals surface area contributed by atoms with Crippen molar-refractivity contribution < 1.29 is 13.6 Å². The minimum absolute atomic E-state index is 0.0678. The number of halogens is 1. The van der Waals surface area contributed by atoms with E-state index in [1.165, 1.54) is 10.6 Å². The standard InChI is InChI=1S/C22H19FN2O3S/c1-13(18-8-5-11-29-18)24-21(26)19-14(2)28-17-9-10-25(22(27)20(17)19)12-15-6-3-4-7-16(15)23/h3-11,13H,12H2,1-2H3,(H,24,26)/t13-/m1/s1. The summed E-state index contributed by atoms with van der Waals surface area (Å²) in [6.45, 7) is 3.61. The van der Waals surface area contributed by atoms with Crippen LogP contribution in [0.15, 0.2) is 63.3 Å². The van der Waals surface area contributed by atoms with E-state index in [2.05, 4.69) is 5.32 Å². The first kappa shape index (κ1) is 19.1. The zero-order valence-electron chi connectivity index (χ0n) is 15.9. The number of hydrogen-bond donors (Lipinski definition) is 1. The SMILES string of the molecule is Cc1oc2ccn(Cc3ccccc3F)c(=O)c2c1C(=O)N[C@H](C)c1cccs1. The summed E-state index contributed by atoms with van der Waals surface area (Å²) in [5.41, 5.74) is 0.561. The Morgan fingerprint density at radius 3 is 2.76 bits per heavy atom. The zero-order chi connectivity index (χ0) is 20.5. The molecule has 0 fully saturated rings. The molecule has 3 heterocycles. The molecule has 1 amide bonds. The largest absolute Gasteiger partial charge is 0.460 e. The van der Waals surface area contributed by atoms with E-state index in [1.807, 2.05) is 24.4 Å². The average molecular weight is 410 g/mol. The van der Waals surface area contributed by atoms with Crippen LogP contribution in [0.3, 0.4) is 0 Å². The second kappa shape index (κ2) is 7.67. The number of thiophene rings is 1. The van der Waals surface area contributed by atoms with Crippen LogP contribution in [-0.2, 0) is 6.54 Å². The highest BCUT2D eigenvalue weighted by molar-refractivity contribution is 7.10. The van der Waals surface area contributed by atoms with Gasteiger partial charge in [-0.15, -0.1) is 11.3 Å². The number of pyridine rings is 1. The summed E-state index contributed by atoms with van der Waals surface area (Å²) in [7, 11) is 0. The van der Waals surface area contributed by atoms with Crippen LogP contribution in [0.4, 0.5) is 4.39 Å². The maximum absolute atomic E-state index is 14.0. The number of nitrogens with zero attached hydrogens (tertiary/aromatic N) is 1. The van der Waals surface area contributed by atoms with Gasteiger partial charge in [0, 0.05) is 16.6 Å². The average Bonchev–Trinajstić information content (AvgIpc) is 3.33. The molecule has 0 radical (unpaired) electrons. The van der Waals surface area contributed by atoms with Crippen LogP contribution in [0.2, 0.25) is 0 Å². The number of aryl methyl sites for hydroxylation is 1. The van der Waals surface area contributed by atoms with E-state index >= 15 is 0 Å². The molecule has 0 bridgehead atoms. The highest BCUT2D eigenvalue weighted by Crippen LogP contribution is 2.25. The van der Waals surface area contributed by atoms with Gasteiger partial charge >= 0.3 is 0 Å². The van der Waals surface area contributed by atoms with Crippen molar-refractivity contribution in [1.29, 1.82) is 0 Å². The fraction of sp³-hybridized carbons (Fsp3) is 0.182. The Morgan fingerprint density at radius 2 is 2.03 bits per heavy atom. The smallest absolute Gasteiger partial charge is 0.262 e. The van der Waals surface area contributed by atoms with Gasteiger partial charge in [0.05, 0.1) is 23.5 Å². The number of furan rings is 1. The van der Waals surface area contributed by atoms with Gasteiger partial charge in [0.15, 0.2) is 0 Å². The van der Waals surface area contributed by atoms with Crippen molar-refractivity contribution in [2.75, 3.05) is 0 Å². The second-order valence-corrected chi connectivity index (χ2v) is 7.80. The number of aromatic nitrogens is 1. The molecule has 7 heteroatoms. The maximum Gasteiger partial charge on any atom is 0.262 e. The molecule has 0 spiro atoms. The molecule has 148 valence electrons. The van der Waals surface area contributed by atoms with E-state index in [0.29, 0.717) is 16.9 Å². The number of rotatable bonds is 5. The third-order valence-electron chi connectivity index (χ3n) is 4.84. The van der Waals surface area contributed by atoms with Crippen LogP contribution in [0.5, 0.6) is 0 Å². The molecule has 1 atom stereocenters. The van der Waals surface area contributed by atoms with Crippen molar-refractivity contribution in [2.45, 2.75) is 26.4 Å². The van der Waals surface area contributed by atoms with Crippen LogP contribution in [0.25, 0.3) is 11.0 Å². The topological polar surface area (TPSA) is 64.2 Å². The van der Waals surface area contributed by atoms with Gasteiger partial charge in [-0.05, 0) is 37.4 Å². The maximum atomic E-state index is 14.0. The van der Waals surface area contributed by atoms with Gasteiger partial charge in [0.1, 0.15) is 17.2 Å². The molecule has 4 rings (SSSR count). The predicted molar refractivity (Wildman–Crippen MR) is 111 cm³/mol. The van der Waals surface area contributed by atoms with Gasteiger partial charge in [0.2, 0.25) is 0 Å². The number of benzene rings is 1. The van der Waals surface area contributed by atoms with E-state index in [4.69, 9.17) is 4.42 Å². The van der Waals surface area contributed by atoms with E-state index in [1.54, 1.807) is 48.7 Å². The van der Waals surface area contributed by atoms with E-state index in [-0.39, 0.29) is 35.3 Å². The summed E-state index contributed by atoms with van der Waals surface area (Å²) >= 11 is 1.55. The molecular weight excluding hydrogens is 391 g/mol. The first-order chi connectivity index (χ1) is 14.0. The van der Waals surface area contributed by atoms with Gasteiger partial charge in [-0.25, -0.2) is 4.39 Å². The number of carbonyl (C=O) groups excluding carboxylic acids is 1. The highest BCUT2D eigenvalue weighted by Gasteiger charge is 2.23. The molecule has 0 aliphatic carbocycles. The van der Waals surface area contributed by atoms with Gasteiger partial charge in [0.25, 0.3) is 11.5 Å². The third kappa shape index (κ3) is 3.61. The Bertz CT molecular complexity index is 1240. The molecule has 4 aromatic rings. The van der Waals surface area contributed by atoms with Crippen LogP contribution in [0.1, 0.15) is 39.5 Å². The Labute approximate surface area is 170 Å². The summed E-state index contributed by atoms with van der Waals surface area (Å²) in [4.78, 5) is 27.1. The fourth-order valence-electron chi connectivity index (χ4n) is 3.35. The molecule has 3 aromatic heterocycles. The van der Waals surface area contributed by atoms with Crippen LogP contribution < -0.4 is 10.9 Å². The highest BCUT2D eigenvalue weighted by atomic mass is 32.1.